The third kappa shape index (κ3) is 3.81. The van der Waals surface area contributed by atoms with Gasteiger partial charge < -0.3 is 10.1 Å². The van der Waals surface area contributed by atoms with Gasteiger partial charge in [-0.3, -0.25) is 9.59 Å². The minimum atomic E-state index is -0.260. The van der Waals surface area contributed by atoms with Crippen molar-refractivity contribution in [1.29, 1.82) is 0 Å². The van der Waals surface area contributed by atoms with E-state index in [0.717, 1.165) is 24.8 Å². The summed E-state index contributed by atoms with van der Waals surface area (Å²) >= 11 is 0. The van der Waals surface area contributed by atoms with Gasteiger partial charge in [0.15, 0.2) is 6.61 Å². The van der Waals surface area contributed by atoms with Crippen molar-refractivity contribution in [3.63, 3.8) is 0 Å². The Kier molecular flexibility index (Phi) is 4.55. The van der Waals surface area contributed by atoms with Crippen molar-refractivity contribution in [3.05, 3.63) is 35.9 Å². The van der Waals surface area contributed by atoms with E-state index in [1.165, 1.54) is 0 Å². The van der Waals surface area contributed by atoms with Crippen LogP contribution in [0.15, 0.2) is 30.3 Å². The normalized spacial score (nSPS) is 16.3. The number of benzene rings is 1. The fourth-order valence-corrected chi connectivity index (χ4v) is 2.01. The lowest BCUT2D eigenvalue weighted by molar-refractivity contribution is -0.155. The number of hydrogen-bond donors (Lipinski definition) is 1. The maximum Gasteiger partial charge on any atom is 0.309 e. The maximum absolute atomic E-state index is 11.7. The molecule has 1 amide bonds. The summed E-state index contributed by atoms with van der Waals surface area (Å²) in [4.78, 5) is 23.2. The van der Waals surface area contributed by atoms with E-state index in [2.05, 4.69) is 5.32 Å². The number of esters is 1. The SMILES string of the molecule is C[C@@H](NC(=O)COC(=O)C1CCC1)c1ccccc1. The van der Waals surface area contributed by atoms with E-state index in [1.807, 2.05) is 37.3 Å². The van der Waals surface area contributed by atoms with Gasteiger partial charge in [0.1, 0.15) is 0 Å². The zero-order chi connectivity index (χ0) is 13.7. The molecular weight excluding hydrogens is 242 g/mol. The second kappa shape index (κ2) is 6.36. The molecule has 0 saturated heterocycles. The summed E-state index contributed by atoms with van der Waals surface area (Å²) in [5.41, 5.74) is 1.03. The lowest BCUT2D eigenvalue weighted by Gasteiger charge is -2.23. The zero-order valence-electron chi connectivity index (χ0n) is 11.1. The Hall–Kier alpha value is -1.84. The van der Waals surface area contributed by atoms with Crippen molar-refractivity contribution >= 4 is 11.9 Å². The lowest BCUT2D eigenvalue weighted by Crippen LogP contribution is -2.33. The summed E-state index contributed by atoms with van der Waals surface area (Å²) in [6, 6.07) is 9.59. The third-order valence-electron chi connectivity index (χ3n) is 3.46. The van der Waals surface area contributed by atoms with E-state index < -0.39 is 0 Å². The molecule has 1 N–H and O–H groups in total. The van der Waals surface area contributed by atoms with Gasteiger partial charge in [-0.05, 0) is 25.3 Å². The first-order chi connectivity index (χ1) is 9.16. The van der Waals surface area contributed by atoms with Crippen LogP contribution in [0.1, 0.15) is 37.8 Å². The van der Waals surface area contributed by atoms with Crippen LogP contribution in [0.25, 0.3) is 0 Å². The van der Waals surface area contributed by atoms with Gasteiger partial charge in [-0.1, -0.05) is 36.8 Å². The molecule has 1 aliphatic rings. The van der Waals surface area contributed by atoms with Crippen LogP contribution in [-0.2, 0) is 14.3 Å². The van der Waals surface area contributed by atoms with Gasteiger partial charge in [-0.25, -0.2) is 0 Å². The van der Waals surface area contributed by atoms with Crippen molar-refractivity contribution in [2.24, 2.45) is 5.92 Å². The van der Waals surface area contributed by atoms with Crippen molar-refractivity contribution in [3.8, 4) is 0 Å². The molecule has 0 aromatic heterocycles. The van der Waals surface area contributed by atoms with E-state index in [4.69, 9.17) is 4.74 Å². The highest BCUT2D eigenvalue weighted by Crippen LogP contribution is 2.27. The van der Waals surface area contributed by atoms with Crippen LogP contribution in [0.2, 0.25) is 0 Å². The van der Waals surface area contributed by atoms with E-state index in [1.54, 1.807) is 0 Å². The Bertz CT molecular complexity index is 440. The molecule has 0 radical (unpaired) electrons. The molecule has 19 heavy (non-hydrogen) atoms. The number of ether oxygens (including phenoxy) is 1. The maximum atomic E-state index is 11.7. The first-order valence-corrected chi connectivity index (χ1v) is 6.68. The third-order valence-corrected chi connectivity index (χ3v) is 3.46. The topological polar surface area (TPSA) is 55.4 Å². The highest BCUT2D eigenvalue weighted by molar-refractivity contribution is 5.81. The van der Waals surface area contributed by atoms with Gasteiger partial charge in [0.05, 0.1) is 12.0 Å². The number of nitrogens with one attached hydrogen (secondary N) is 1. The van der Waals surface area contributed by atoms with Crippen LogP contribution >= 0.6 is 0 Å². The summed E-state index contributed by atoms with van der Waals surface area (Å²) < 4.78 is 4.99. The first-order valence-electron chi connectivity index (χ1n) is 6.68. The second-order valence-electron chi connectivity index (χ2n) is 4.94. The van der Waals surface area contributed by atoms with Crippen molar-refractivity contribution in [2.45, 2.75) is 32.2 Å². The number of hydrogen-bond acceptors (Lipinski definition) is 3. The summed E-state index contributed by atoms with van der Waals surface area (Å²) in [6.07, 6.45) is 2.86. The quantitative estimate of drug-likeness (QED) is 0.827. The fourth-order valence-electron chi connectivity index (χ4n) is 2.01. The van der Waals surface area contributed by atoms with E-state index >= 15 is 0 Å². The summed E-state index contributed by atoms with van der Waals surface area (Å²) in [5, 5.41) is 2.81. The average molecular weight is 261 g/mol. The predicted octanol–water partition coefficient (Wildman–Crippen LogP) is 2.21. The zero-order valence-corrected chi connectivity index (χ0v) is 11.1. The molecule has 0 heterocycles. The molecule has 0 bridgehead atoms. The first kappa shape index (κ1) is 13.6. The Balaban J connectivity index is 1.73. The Labute approximate surface area is 113 Å². The molecule has 1 atom stereocenters. The number of carbonyl (C=O) groups is 2. The molecule has 1 aromatic carbocycles. The molecule has 1 aromatic rings. The van der Waals surface area contributed by atoms with Gasteiger partial charge in [-0.2, -0.15) is 0 Å². The van der Waals surface area contributed by atoms with Crippen LogP contribution in [0.3, 0.4) is 0 Å². The van der Waals surface area contributed by atoms with E-state index in [0.29, 0.717) is 0 Å². The number of carbonyl (C=O) groups excluding carboxylic acids is 2. The molecule has 1 fully saturated rings. The Morgan fingerprint density at radius 1 is 1.32 bits per heavy atom. The van der Waals surface area contributed by atoms with Crippen LogP contribution in [0, 0.1) is 5.92 Å². The lowest BCUT2D eigenvalue weighted by atomic mass is 9.86. The smallest absolute Gasteiger partial charge is 0.309 e. The van der Waals surface area contributed by atoms with Crippen LogP contribution in [0.4, 0.5) is 0 Å². The second-order valence-corrected chi connectivity index (χ2v) is 4.94. The molecule has 4 heteroatoms. The minimum Gasteiger partial charge on any atom is -0.455 e. The van der Waals surface area contributed by atoms with E-state index in [-0.39, 0.29) is 30.4 Å². The predicted molar refractivity (Wildman–Crippen MR) is 71.3 cm³/mol. The Morgan fingerprint density at radius 3 is 2.58 bits per heavy atom. The average Bonchev–Trinajstić information content (AvgIpc) is 2.35. The van der Waals surface area contributed by atoms with E-state index in [9.17, 15) is 9.59 Å². The summed E-state index contributed by atoms with van der Waals surface area (Å²) in [5.74, 6) is -0.489. The minimum absolute atomic E-state index is 0.0133. The molecule has 1 aliphatic carbocycles. The molecular formula is C15H19NO3. The summed E-state index contributed by atoms with van der Waals surface area (Å²) in [7, 11) is 0. The van der Waals surface area contributed by atoms with Gasteiger partial charge in [0.2, 0.25) is 0 Å². The van der Waals surface area contributed by atoms with Crippen molar-refractivity contribution < 1.29 is 14.3 Å². The molecule has 0 unspecified atom stereocenters. The molecule has 1 saturated carbocycles. The van der Waals surface area contributed by atoms with Crippen LogP contribution < -0.4 is 5.32 Å². The van der Waals surface area contributed by atoms with Gasteiger partial charge in [0, 0.05) is 0 Å². The van der Waals surface area contributed by atoms with Crippen LogP contribution in [-0.4, -0.2) is 18.5 Å². The van der Waals surface area contributed by atoms with Crippen molar-refractivity contribution in [1.82, 2.24) is 5.32 Å². The largest absolute Gasteiger partial charge is 0.455 e. The highest BCUT2D eigenvalue weighted by atomic mass is 16.5. The number of rotatable bonds is 5. The summed E-state index contributed by atoms with van der Waals surface area (Å²) in [6.45, 7) is 1.72. The number of amides is 1. The monoisotopic (exact) mass is 261 g/mol. The Morgan fingerprint density at radius 2 is 2.00 bits per heavy atom. The molecule has 0 aliphatic heterocycles. The van der Waals surface area contributed by atoms with Crippen molar-refractivity contribution in [2.75, 3.05) is 6.61 Å². The molecule has 4 nitrogen and oxygen atoms in total. The molecule has 0 spiro atoms. The standard InChI is InChI=1S/C15H19NO3/c1-11(12-6-3-2-4-7-12)16-14(17)10-19-15(18)13-8-5-9-13/h2-4,6-7,11,13H,5,8-10H2,1H3,(H,16,17)/t11-/m1/s1. The fraction of sp³-hybridized carbons (Fsp3) is 0.467. The van der Waals surface area contributed by atoms with Gasteiger partial charge in [0.25, 0.3) is 5.91 Å². The van der Waals surface area contributed by atoms with Gasteiger partial charge >= 0.3 is 5.97 Å². The van der Waals surface area contributed by atoms with Crippen LogP contribution in [0.5, 0.6) is 0 Å². The van der Waals surface area contributed by atoms with Gasteiger partial charge in [-0.15, -0.1) is 0 Å². The molecule has 102 valence electrons. The highest BCUT2D eigenvalue weighted by Gasteiger charge is 2.27. The molecule has 2 rings (SSSR count).